The molecule has 86 valence electrons. The van der Waals surface area contributed by atoms with E-state index in [-0.39, 0.29) is 5.91 Å². The van der Waals surface area contributed by atoms with Crippen molar-refractivity contribution in [2.45, 2.75) is 6.54 Å². The predicted octanol–water partition coefficient (Wildman–Crippen LogP) is 0.191. The highest BCUT2D eigenvalue weighted by atomic mass is 16.1. The maximum atomic E-state index is 11.3. The van der Waals surface area contributed by atoms with Gasteiger partial charge in [-0.2, -0.15) is 0 Å². The van der Waals surface area contributed by atoms with Gasteiger partial charge in [-0.15, -0.1) is 0 Å². The third-order valence-corrected chi connectivity index (χ3v) is 2.89. The van der Waals surface area contributed by atoms with E-state index in [1.165, 1.54) is 0 Å². The van der Waals surface area contributed by atoms with E-state index in [1.807, 2.05) is 18.2 Å². The highest BCUT2D eigenvalue weighted by molar-refractivity contribution is 5.94. The fourth-order valence-corrected chi connectivity index (χ4v) is 2.01. The number of benzene rings is 1. The normalized spacial score (nSPS) is 17.2. The van der Waals surface area contributed by atoms with Crippen LogP contribution in [0.2, 0.25) is 0 Å². The summed E-state index contributed by atoms with van der Waals surface area (Å²) in [5.41, 5.74) is 7.01. The molecule has 1 saturated heterocycles. The molecule has 0 aliphatic carbocycles. The first-order valence-corrected chi connectivity index (χ1v) is 5.58. The number of piperazine rings is 1. The van der Waals surface area contributed by atoms with Crippen molar-refractivity contribution < 1.29 is 4.79 Å². The van der Waals surface area contributed by atoms with Crippen LogP contribution in [0.4, 0.5) is 0 Å². The van der Waals surface area contributed by atoms with Crippen LogP contribution in [0.5, 0.6) is 0 Å². The highest BCUT2D eigenvalue weighted by Crippen LogP contribution is 2.11. The van der Waals surface area contributed by atoms with Crippen molar-refractivity contribution >= 4 is 5.91 Å². The molecule has 3 N–H and O–H groups in total. The van der Waals surface area contributed by atoms with E-state index in [0.29, 0.717) is 5.56 Å². The molecule has 1 aromatic rings. The lowest BCUT2D eigenvalue weighted by Gasteiger charge is -2.27. The van der Waals surface area contributed by atoms with Crippen LogP contribution in [0.25, 0.3) is 0 Å². The Kier molecular flexibility index (Phi) is 3.54. The molecule has 0 radical (unpaired) electrons. The van der Waals surface area contributed by atoms with Crippen molar-refractivity contribution in [2.75, 3.05) is 26.2 Å². The molecule has 0 aromatic heterocycles. The van der Waals surface area contributed by atoms with E-state index in [9.17, 15) is 4.79 Å². The summed E-state index contributed by atoms with van der Waals surface area (Å²) in [5, 5.41) is 3.30. The van der Waals surface area contributed by atoms with Crippen LogP contribution >= 0.6 is 0 Å². The third kappa shape index (κ3) is 2.59. The summed E-state index contributed by atoms with van der Waals surface area (Å²) in [7, 11) is 0. The Morgan fingerprint density at radius 1 is 1.31 bits per heavy atom. The Labute approximate surface area is 95.4 Å². The average Bonchev–Trinajstić information content (AvgIpc) is 2.31. The van der Waals surface area contributed by atoms with Crippen molar-refractivity contribution in [3.05, 3.63) is 35.4 Å². The quantitative estimate of drug-likeness (QED) is 0.763. The first-order chi connectivity index (χ1) is 7.77. The molecule has 0 spiro atoms. The summed E-state index contributed by atoms with van der Waals surface area (Å²) in [5.74, 6) is -0.342. The maximum Gasteiger partial charge on any atom is 0.249 e. The Morgan fingerprint density at radius 2 is 2.00 bits per heavy atom. The summed E-state index contributed by atoms with van der Waals surface area (Å²) in [6.45, 7) is 4.87. The van der Waals surface area contributed by atoms with E-state index in [0.717, 1.165) is 38.3 Å². The van der Waals surface area contributed by atoms with Gasteiger partial charge in [-0.25, -0.2) is 0 Å². The largest absolute Gasteiger partial charge is 0.366 e. The van der Waals surface area contributed by atoms with Crippen LogP contribution in [0.15, 0.2) is 24.3 Å². The zero-order chi connectivity index (χ0) is 11.4. The summed E-state index contributed by atoms with van der Waals surface area (Å²) in [6.07, 6.45) is 0. The van der Waals surface area contributed by atoms with Gasteiger partial charge in [-0.1, -0.05) is 18.2 Å². The number of carbonyl (C=O) groups is 1. The number of hydrogen-bond donors (Lipinski definition) is 2. The second kappa shape index (κ2) is 5.09. The van der Waals surface area contributed by atoms with E-state index in [2.05, 4.69) is 10.2 Å². The van der Waals surface area contributed by atoms with Gasteiger partial charge in [-0.3, -0.25) is 9.69 Å². The van der Waals surface area contributed by atoms with Crippen molar-refractivity contribution in [2.24, 2.45) is 5.73 Å². The molecule has 1 heterocycles. The lowest BCUT2D eigenvalue weighted by molar-refractivity contribution is 0.0998. The second-order valence-electron chi connectivity index (χ2n) is 4.05. The van der Waals surface area contributed by atoms with Gasteiger partial charge in [0.2, 0.25) is 5.91 Å². The molecule has 1 amide bonds. The van der Waals surface area contributed by atoms with Crippen molar-refractivity contribution in [1.29, 1.82) is 0 Å². The summed E-state index contributed by atoms with van der Waals surface area (Å²) < 4.78 is 0. The van der Waals surface area contributed by atoms with Crippen LogP contribution in [-0.4, -0.2) is 37.0 Å². The molecule has 0 bridgehead atoms. The third-order valence-electron chi connectivity index (χ3n) is 2.89. The van der Waals surface area contributed by atoms with Gasteiger partial charge < -0.3 is 11.1 Å². The average molecular weight is 219 g/mol. The van der Waals surface area contributed by atoms with Crippen LogP contribution < -0.4 is 11.1 Å². The number of primary amides is 1. The Hall–Kier alpha value is -1.39. The minimum Gasteiger partial charge on any atom is -0.366 e. The van der Waals surface area contributed by atoms with Crippen molar-refractivity contribution in [3.63, 3.8) is 0 Å². The summed E-state index contributed by atoms with van der Waals surface area (Å²) >= 11 is 0. The fraction of sp³-hybridized carbons (Fsp3) is 0.417. The molecule has 1 aromatic carbocycles. The molecule has 1 aliphatic rings. The van der Waals surface area contributed by atoms with Gasteiger partial charge in [0.1, 0.15) is 0 Å². The van der Waals surface area contributed by atoms with Gasteiger partial charge in [0.15, 0.2) is 0 Å². The number of nitrogens with one attached hydrogen (secondary N) is 1. The van der Waals surface area contributed by atoms with Gasteiger partial charge in [-0.05, 0) is 11.6 Å². The van der Waals surface area contributed by atoms with E-state index in [1.54, 1.807) is 6.07 Å². The van der Waals surface area contributed by atoms with Gasteiger partial charge in [0, 0.05) is 38.3 Å². The zero-order valence-corrected chi connectivity index (χ0v) is 9.28. The standard InChI is InChI=1S/C12H17N3O/c13-12(16)11-4-2-1-3-10(11)9-15-7-5-14-6-8-15/h1-4,14H,5-9H2,(H2,13,16). The number of nitrogens with zero attached hydrogens (tertiary/aromatic N) is 1. The number of nitrogens with two attached hydrogens (primary N) is 1. The minimum absolute atomic E-state index is 0.342. The molecule has 0 saturated carbocycles. The molecule has 4 nitrogen and oxygen atoms in total. The lowest BCUT2D eigenvalue weighted by atomic mass is 10.1. The topological polar surface area (TPSA) is 58.4 Å². The fourth-order valence-electron chi connectivity index (χ4n) is 2.01. The second-order valence-corrected chi connectivity index (χ2v) is 4.05. The SMILES string of the molecule is NC(=O)c1ccccc1CN1CCNCC1. The predicted molar refractivity (Wildman–Crippen MR) is 63.1 cm³/mol. The molecule has 0 unspecified atom stereocenters. The first-order valence-electron chi connectivity index (χ1n) is 5.58. The van der Waals surface area contributed by atoms with E-state index >= 15 is 0 Å². The summed E-state index contributed by atoms with van der Waals surface area (Å²) in [6, 6.07) is 7.56. The Bertz CT molecular complexity index is 372. The van der Waals surface area contributed by atoms with Crippen LogP contribution in [0, 0.1) is 0 Å². The maximum absolute atomic E-state index is 11.3. The molecule has 1 fully saturated rings. The van der Waals surface area contributed by atoms with Gasteiger partial charge in [0.25, 0.3) is 0 Å². The molecular weight excluding hydrogens is 202 g/mol. The van der Waals surface area contributed by atoms with Crippen LogP contribution in [0.3, 0.4) is 0 Å². The molecule has 0 atom stereocenters. The Morgan fingerprint density at radius 3 is 2.69 bits per heavy atom. The van der Waals surface area contributed by atoms with Crippen LogP contribution in [0.1, 0.15) is 15.9 Å². The molecular formula is C12H17N3O. The monoisotopic (exact) mass is 219 g/mol. The van der Waals surface area contributed by atoms with E-state index < -0.39 is 0 Å². The van der Waals surface area contributed by atoms with Gasteiger partial charge in [0.05, 0.1) is 0 Å². The smallest absolute Gasteiger partial charge is 0.249 e. The van der Waals surface area contributed by atoms with E-state index in [4.69, 9.17) is 5.73 Å². The molecule has 1 aliphatic heterocycles. The summed E-state index contributed by atoms with van der Waals surface area (Å²) in [4.78, 5) is 13.6. The Balaban J connectivity index is 2.10. The molecule has 2 rings (SSSR count). The number of carbonyl (C=O) groups excluding carboxylic acids is 1. The number of amides is 1. The van der Waals surface area contributed by atoms with Gasteiger partial charge >= 0.3 is 0 Å². The number of rotatable bonds is 3. The zero-order valence-electron chi connectivity index (χ0n) is 9.28. The van der Waals surface area contributed by atoms with Crippen molar-refractivity contribution in [3.8, 4) is 0 Å². The lowest BCUT2D eigenvalue weighted by Crippen LogP contribution is -2.43. The minimum atomic E-state index is -0.342. The molecule has 4 heteroatoms. The van der Waals surface area contributed by atoms with Crippen molar-refractivity contribution in [1.82, 2.24) is 10.2 Å². The first kappa shape index (κ1) is 11.1. The number of hydrogen-bond acceptors (Lipinski definition) is 3. The molecule has 16 heavy (non-hydrogen) atoms. The highest BCUT2D eigenvalue weighted by Gasteiger charge is 2.13. The van der Waals surface area contributed by atoms with Crippen LogP contribution in [-0.2, 0) is 6.54 Å².